The molecule has 0 saturated heterocycles. The van der Waals surface area contributed by atoms with E-state index in [1.165, 1.54) is 19.1 Å². The van der Waals surface area contributed by atoms with Crippen LogP contribution in [-0.2, 0) is 22.6 Å². The van der Waals surface area contributed by atoms with Gasteiger partial charge in [-0.1, -0.05) is 23.7 Å². The van der Waals surface area contributed by atoms with Crippen molar-refractivity contribution in [3.8, 4) is 11.5 Å². The van der Waals surface area contributed by atoms with E-state index in [1.807, 2.05) is 0 Å². The Morgan fingerprint density at radius 2 is 1.93 bits per heavy atom. The fourth-order valence-electron chi connectivity index (χ4n) is 3.11. The highest BCUT2D eigenvalue weighted by Crippen LogP contribution is 2.36. The predicted octanol–water partition coefficient (Wildman–Crippen LogP) is 2.97. The number of urea groups is 1. The minimum atomic E-state index is -1.10. The number of halogens is 1. The lowest BCUT2D eigenvalue weighted by molar-refractivity contribution is -0.137. The van der Waals surface area contributed by atoms with Crippen molar-refractivity contribution in [2.75, 3.05) is 31.4 Å². The van der Waals surface area contributed by atoms with Gasteiger partial charge in [0.05, 0.1) is 37.9 Å². The van der Waals surface area contributed by atoms with Crippen LogP contribution in [0.1, 0.15) is 11.1 Å². The molecule has 1 aliphatic rings. The molecule has 0 unspecified atom stereocenters. The van der Waals surface area contributed by atoms with Crippen molar-refractivity contribution in [1.29, 1.82) is 0 Å². The van der Waals surface area contributed by atoms with E-state index in [0.717, 1.165) is 5.56 Å². The van der Waals surface area contributed by atoms with Gasteiger partial charge in [0.15, 0.2) is 0 Å². The Morgan fingerprint density at radius 1 is 1.20 bits per heavy atom. The Morgan fingerprint density at radius 3 is 2.60 bits per heavy atom. The van der Waals surface area contributed by atoms with E-state index in [4.69, 9.17) is 26.2 Å². The molecule has 0 fully saturated rings. The number of carboxylic acids is 1. The standard InChI is InChI=1S/C20H20ClN3O6/c1-29-16-8-17(30-2)15(7-13(16)21)22-18(25)6-11-3-4-14-12(5-11)9-24(10-19(26)27)20(28)23-14/h3-5,7-8H,6,9-10H2,1-2H3,(H,22,25)(H,23,28)(H,26,27). The summed E-state index contributed by atoms with van der Waals surface area (Å²) in [5.74, 6) is -0.566. The summed E-state index contributed by atoms with van der Waals surface area (Å²) < 4.78 is 10.4. The zero-order valence-electron chi connectivity index (χ0n) is 16.3. The van der Waals surface area contributed by atoms with Gasteiger partial charge >= 0.3 is 12.0 Å². The SMILES string of the molecule is COc1cc(OC)c(NC(=O)Cc2ccc3c(c2)CN(CC(=O)O)C(=O)N3)cc1Cl. The van der Waals surface area contributed by atoms with Crippen molar-refractivity contribution >= 4 is 40.9 Å². The zero-order valence-corrected chi connectivity index (χ0v) is 17.1. The van der Waals surface area contributed by atoms with Crippen LogP contribution in [-0.4, -0.2) is 48.7 Å². The monoisotopic (exact) mass is 433 g/mol. The van der Waals surface area contributed by atoms with Crippen LogP contribution < -0.4 is 20.1 Å². The predicted molar refractivity (Wildman–Crippen MR) is 110 cm³/mol. The normalized spacial score (nSPS) is 12.6. The van der Waals surface area contributed by atoms with Gasteiger partial charge in [-0.15, -0.1) is 0 Å². The van der Waals surface area contributed by atoms with Gasteiger partial charge in [-0.2, -0.15) is 0 Å². The third-order valence-corrected chi connectivity index (χ3v) is 4.79. The summed E-state index contributed by atoms with van der Waals surface area (Å²) in [6.45, 7) is -0.265. The average molecular weight is 434 g/mol. The van der Waals surface area contributed by atoms with Crippen molar-refractivity contribution in [3.05, 3.63) is 46.5 Å². The summed E-state index contributed by atoms with van der Waals surface area (Å²) in [4.78, 5) is 36.6. The van der Waals surface area contributed by atoms with Gasteiger partial charge in [0.2, 0.25) is 5.91 Å². The van der Waals surface area contributed by atoms with Crippen LogP contribution >= 0.6 is 11.6 Å². The highest BCUT2D eigenvalue weighted by atomic mass is 35.5. The number of hydrogen-bond donors (Lipinski definition) is 3. The molecule has 2 aromatic rings. The number of carboxylic acid groups (broad SMARTS) is 1. The minimum Gasteiger partial charge on any atom is -0.495 e. The van der Waals surface area contributed by atoms with E-state index in [1.54, 1.807) is 30.3 Å². The maximum absolute atomic E-state index is 12.5. The van der Waals surface area contributed by atoms with E-state index in [9.17, 15) is 14.4 Å². The summed E-state index contributed by atoms with van der Waals surface area (Å²) in [7, 11) is 2.95. The molecule has 1 aliphatic heterocycles. The van der Waals surface area contributed by atoms with Gasteiger partial charge < -0.3 is 30.1 Å². The summed E-state index contributed by atoms with van der Waals surface area (Å²) in [6.07, 6.45) is 0.0625. The smallest absolute Gasteiger partial charge is 0.323 e. The second-order valence-electron chi connectivity index (χ2n) is 6.58. The number of rotatable bonds is 7. The number of carbonyl (C=O) groups is 3. The first-order valence-corrected chi connectivity index (χ1v) is 9.29. The maximum atomic E-state index is 12.5. The number of methoxy groups -OCH3 is 2. The lowest BCUT2D eigenvalue weighted by Crippen LogP contribution is -2.41. The third kappa shape index (κ3) is 4.74. The Bertz CT molecular complexity index is 1010. The molecule has 0 saturated carbocycles. The summed E-state index contributed by atoms with van der Waals surface area (Å²) in [5, 5.41) is 14.7. The first kappa shape index (κ1) is 21.3. The zero-order chi connectivity index (χ0) is 21.8. The van der Waals surface area contributed by atoms with Crippen molar-refractivity contribution in [3.63, 3.8) is 0 Å². The molecule has 0 aliphatic carbocycles. The van der Waals surface area contributed by atoms with Crippen molar-refractivity contribution < 1.29 is 29.0 Å². The molecule has 9 nitrogen and oxygen atoms in total. The number of ether oxygens (including phenoxy) is 2. The molecule has 3 amide bonds. The van der Waals surface area contributed by atoms with Crippen molar-refractivity contribution in [2.24, 2.45) is 0 Å². The summed E-state index contributed by atoms with van der Waals surface area (Å²) >= 11 is 6.13. The number of amides is 3. The number of carbonyl (C=O) groups excluding carboxylic acids is 2. The van der Waals surface area contributed by atoms with Gasteiger partial charge in [-0.05, 0) is 23.3 Å². The molecule has 0 radical (unpaired) electrons. The number of anilines is 2. The van der Waals surface area contributed by atoms with Crippen LogP contribution in [0.25, 0.3) is 0 Å². The molecule has 0 bridgehead atoms. The lowest BCUT2D eigenvalue weighted by atomic mass is 10.0. The molecule has 3 N–H and O–H groups in total. The van der Waals surface area contributed by atoms with E-state index in [-0.39, 0.29) is 18.9 Å². The molecular formula is C20H20ClN3O6. The van der Waals surface area contributed by atoms with E-state index >= 15 is 0 Å². The van der Waals surface area contributed by atoms with Crippen LogP contribution in [0.5, 0.6) is 11.5 Å². The van der Waals surface area contributed by atoms with E-state index in [2.05, 4.69) is 10.6 Å². The Labute approximate surface area is 177 Å². The highest BCUT2D eigenvalue weighted by molar-refractivity contribution is 6.32. The first-order chi connectivity index (χ1) is 14.3. The van der Waals surface area contributed by atoms with Gasteiger partial charge in [0.1, 0.15) is 18.0 Å². The average Bonchev–Trinajstić information content (AvgIpc) is 2.68. The second-order valence-corrected chi connectivity index (χ2v) is 6.99. The number of aliphatic carboxylic acids is 1. The first-order valence-electron chi connectivity index (χ1n) is 8.91. The molecule has 1 heterocycles. The van der Waals surface area contributed by atoms with Crippen LogP contribution in [0.15, 0.2) is 30.3 Å². The van der Waals surface area contributed by atoms with Gasteiger partial charge in [0, 0.05) is 11.8 Å². The van der Waals surface area contributed by atoms with Crippen LogP contribution in [0.3, 0.4) is 0 Å². The third-order valence-electron chi connectivity index (χ3n) is 4.50. The number of fused-ring (bicyclic) bond motifs is 1. The number of hydrogen-bond acceptors (Lipinski definition) is 5. The lowest BCUT2D eigenvalue weighted by Gasteiger charge is -2.28. The fourth-order valence-corrected chi connectivity index (χ4v) is 3.35. The van der Waals surface area contributed by atoms with Crippen LogP contribution in [0.4, 0.5) is 16.2 Å². The summed E-state index contributed by atoms with van der Waals surface area (Å²) in [5.41, 5.74) is 2.43. The number of nitrogens with zero attached hydrogens (tertiary/aromatic N) is 1. The highest BCUT2D eigenvalue weighted by Gasteiger charge is 2.24. The quantitative estimate of drug-likeness (QED) is 0.618. The minimum absolute atomic E-state index is 0.0625. The Hall–Kier alpha value is -3.46. The van der Waals surface area contributed by atoms with Gasteiger partial charge in [-0.3, -0.25) is 9.59 Å². The van der Waals surface area contributed by atoms with Gasteiger partial charge in [-0.25, -0.2) is 4.79 Å². The Balaban J connectivity index is 1.73. The van der Waals surface area contributed by atoms with Crippen molar-refractivity contribution in [1.82, 2.24) is 4.90 Å². The largest absolute Gasteiger partial charge is 0.495 e. The summed E-state index contributed by atoms with van der Waals surface area (Å²) in [6, 6.07) is 7.84. The van der Waals surface area contributed by atoms with Crippen LogP contribution in [0.2, 0.25) is 5.02 Å². The molecule has 3 rings (SSSR count). The van der Waals surface area contributed by atoms with Crippen LogP contribution in [0, 0.1) is 0 Å². The molecule has 10 heteroatoms. The van der Waals surface area contributed by atoms with Crippen molar-refractivity contribution in [2.45, 2.75) is 13.0 Å². The molecule has 0 atom stereocenters. The fraction of sp³-hybridized carbons (Fsp3) is 0.250. The topological polar surface area (TPSA) is 117 Å². The second kappa shape index (κ2) is 8.91. The number of nitrogens with one attached hydrogen (secondary N) is 2. The number of benzene rings is 2. The Kier molecular flexibility index (Phi) is 6.31. The maximum Gasteiger partial charge on any atom is 0.323 e. The molecule has 158 valence electrons. The van der Waals surface area contributed by atoms with Gasteiger partial charge in [0.25, 0.3) is 0 Å². The molecule has 0 spiro atoms. The molecule has 2 aromatic carbocycles. The molecule has 30 heavy (non-hydrogen) atoms. The van der Waals surface area contributed by atoms with E-state index in [0.29, 0.717) is 33.5 Å². The molecular weight excluding hydrogens is 414 g/mol. The van der Waals surface area contributed by atoms with E-state index < -0.39 is 18.5 Å². The molecule has 0 aromatic heterocycles.